The van der Waals surface area contributed by atoms with E-state index in [2.05, 4.69) is 17.6 Å². The summed E-state index contributed by atoms with van der Waals surface area (Å²) in [5.41, 5.74) is 0. The summed E-state index contributed by atoms with van der Waals surface area (Å²) >= 11 is 2.02. The Kier molecular flexibility index (Phi) is 6.70. The number of hydrogen-bond acceptors (Lipinski definition) is 3. The van der Waals surface area contributed by atoms with Gasteiger partial charge in [0.05, 0.1) is 0 Å². The number of carbonyl (C=O) groups excluding carboxylic acids is 1. The summed E-state index contributed by atoms with van der Waals surface area (Å²) in [5, 5.41) is 7.65. The van der Waals surface area contributed by atoms with Crippen LogP contribution >= 0.6 is 24.2 Å². The van der Waals surface area contributed by atoms with Gasteiger partial charge in [0, 0.05) is 29.8 Å². The van der Waals surface area contributed by atoms with Crippen molar-refractivity contribution in [1.29, 1.82) is 0 Å². The van der Waals surface area contributed by atoms with Gasteiger partial charge in [-0.05, 0) is 50.2 Å². The van der Waals surface area contributed by atoms with Crippen LogP contribution in [-0.2, 0) is 4.79 Å². The second-order valence-electron chi connectivity index (χ2n) is 6.78. The molecule has 1 aliphatic carbocycles. The number of piperidine rings is 1. The normalized spacial score (nSPS) is 38.0. The average Bonchev–Trinajstić information content (AvgIpc) is 2.97. The zero-order chi connectivity index (χ0) is 13.9. The van der Waals surface area contributed by atoms with Gasteiger partial charge >= 0.3 is 0 Å². The van der Waals surface area contributed by atoms with Gasteiger partial charge in [-0.15, -0.1) is 12.4 Å². The molecule has 0 aromatic rings. The summed E-state index contributed by atoms with van der Waals surface area (Å²) < 4.78 is 0. The van der Waals surface area contributed by atoms with Gasteiger partial charge in [0.1, 0.15) is 0 Å². The summed E-state index contributed by atoms with van der Waals surface area (Å²) in [6.07, 6.45) is 9.56. The first-order valence-electron chi connectivity index (χ1n) is 8.41. The topological polar surface area (TPSA) is 41.1 Å². The van der Waals surface area contributed by atoms with Crippen molar-refractivity contribution in [2.24, 2.45) is 5.92 Å². The Morgan fingerprint density at radius 1 is 1.19 bits per heavy atom. The van der Waals surface area contributed by atoms with Crippen LogP contribution in [-0.4, -0.2) is 35.0 Å². The molecule has 3 rings (SSSR count). The largest absolute Gasteiger partial charge is 0.352 e. The molecule has 1 saturated carbocycles. The fourth-order valence-electron chi connectivity index (χ4n) is 4.37. The number of carbonyl (C=O) groups is 1. The molecule has 4 atom stereocenters. The van der Waals surface area contributed by atoms with Crippen LogP contribution in [0.2, 0.25) is 0 Å². The minimum absolute atomic E-state index is 0. The number of amides is 1. The van der Waals surface area contributed by atoms with Crippen molar-refractivity contribution in [3.8, 4) is 0 Å². The monoisotopic (exact) mass is 332 g/mol. The SMILES string of the molecule is CCSC1CCCC1NC(=O)CC1CC2CCC(C1)N2.Cl. The lowest BCUT2D eigenvalue weighted by atomic mass is 9.89. The van der Waals surface area contributed by atoms with Crippen molar-refractivity contribution in [1.82, 2.24) is 10.6 Å². The number of fused-ring (bicyclic) bond motifs is 2. The van der Waals surface area contributed by atoms with Crippen LogP contribution in [0.3, 0.4) is 0 Å². The molecule has 1 amide bonds. The van der Waals surface area contributed by atoms with Crippen LogP contribution in [0.5, 0.6) is 0 Å². The van der Waals surface area contributed by atoms with E-state index in [4.69, 9.17) is 0 Å². The lowest BCUT2D eigenvalue weighted by Crippen LogP contribution is -2.42. The fourth-order valence-corrected chi connectivity index (χ4v) is 5.57. The third-order valence-electron chi connectivity index (χ3n) is 5.22. The van der Waals surface area contributed by atoms with Gasteiger partial charge in [0.25, 0.3) is 0 Å². The summed E-state index contributed by atoms with van der Waals surface area (Å²) in [5.74, 6) is 2.09. The van der Waals surface area contributed by atoms with E-state index in [1.54, 1.807) is 0 Å². The third kappa shape index (κ3) is 4.52. The maximum Gasteiger partial charge on any atom is 0.220 e. The molecule has 2 heterocycles. The standard InChI is InChI=1S/C16H28N2OS.ClH/c1-2-20-15-5-3-4-14(15)18-16(19)10-11-8-12-6-7-13(9-11)17-12;/h11-15,17H,2-10H2,1H3,(H,18,19);1H. The Morgan fingerprint density at radius 2 is 1.90 bits per heavy atom. The molecule has 2 aliphatic heterocycles. The van der Waals surface area contributed by atoms with Crippen LogP contribution in [0, 0.1) is 5.92 Å². The number of thioether (sulfide) groups is 1. The van der Waals surface area contributed by atoms with Crippen LogP contribution < -0.4 is 10.6 Å². The lowest BCUT2D eigenvalue weighted by molar-refractivity contribution is -0.122. The van der Waals surface area contributed by atoms with E-state index in [0.717, 1.165) is 12.2 Å². The number of nitrogens with one attached hydrogen (secondary N) is 2. The van der Waals surface area contributed by atoms with Crippen LogP contribution in [0.15, 0.2) is 0 Å². The summed E-state index contributed by atoms with van der Waals surface area (Å²) in [4.78, 5) is 12.3. The van der Waals surface area contributed by atoms with Gasteiger partial charge in [-0.1, -0.05) is 13.3 Å². The molecule has 21 heavy (non-hydrogen) atoms. The van der Waals surface area contributed by atoms with E-state index in [1.807, 2.05) is 11.8 Å². The predicted molar refractivity (Wildman–Crippen MR) is 92.2 cm³/mol. The first-order valence-corrected chi connectivity index (χ1v) is 9.46. The average molecular weight is 333 g/mol. The highest BCUT2D eigenvalue weighted by Gasteiger charge is 2.35. The minimum Gasteiger partial charge on any atom is -0.352 e. The van der Waals surface area contributed by atoms with Crippen molar-refractivity contribution in [3.63, 3.8) is 0 Å². The molecule has 0 aromatic heterocycles. The second kappa shape index (κ2) is 8.07. The lowest BCUT2D eigenvalue weighted by Gasteiger charge is -2.29. The van der Waals surface area contributed by atoms with Crippen molar-refractivity contribution in [2.45, 2.75) is 81.7 Å². The molecular weight excluding hydrogens is 304 g/mol. The second-order valence-corrected chi connectivity index (χ2v) is 8.29. The molecule has 4 unspecified atom stereocenters. The Balaban J connectivity index is 0.00000161. The minimum atomic E-state index is 0. The molecule has 5 heteroatoms. The molecule has 0 spiro atoms. The first kappa shape index (κ1) is 17.4. The molecule has 0 radical (unpaired) electrons. The Labute approximate surface area is 139 Å². The van der Waals surface area contributed by atoms with Crippen molar-refractivity contribution in [3.05, 3.63) is 0 Å². The van der Waals surface area contributed by atoms with Gasteiger partial charge in [0.2, 0.25) is 5.91 Å². The van der Waals surface area contributed by atoms with Crippen LogP contribution in [0.4, 0.5) is 0 Å². The highest BCUT2D eigenvalue weighted by atomic mass is 35.5. The molecule has 2 saturated heterocycles. The third-order valence-corrected chi connectivity index (χ3v) is 6.55. The van der Waals surface area contributed by atoms with Gasteiger partial charge in [0.15, 0.2) is 0 Å². The Hall–Kier alpha value is 0.0700. The molecule has 3 aliphatic rings. The van der Waals surface area contributed by atoms with Crippen molar-refractivity contribution < 1.29 is 4.79 Å². The van der Waals surface area contributed by atoms with E-state index in [0.29, 0.717) is 35.2 Å². The molecule has 122 valence electrons. The van der Waals surface area contributed by atoms with Crippen LogP contribution in [0.25, 0.3) is 0 Å². The Morgan fingerprint density at radius 3 is 2.57 bits per heavy atom. The molecular formula is C16H29ClN2OS. The van der Waals surface area contributed by atoms with Gasteiger partial charge in [-0.3, -0.25) is 4.79 Å². The van der Waals surface area contributed by atoms with Crippen molar-refractivity contribution >= 4 is 30.1 Å². The van der Waals surface area contributed by atoms with Gasteiger partial charge < -0.3 is 10.6 Å². The number of hydrogen-bond donors (Lipinski definition) is 2. The van der Waals surface area contributed by atoms with Gasteiger partial charge in [-0.2, -0.15) is 11.8 Å². The summed E-state index contributed by atoms with van der Waals surface area (Å²) in [7, 11) is 0. The maximum absolute atomic E-state index is 12.3. The Bertz CT molecular complexity index is 343. The van der Waals surface area contributed by atoms with E-state index < -0.39 is 0 Å². The summed E-state index contributed by atoms with van der Waals surface area (Å²) in [6, 6.07) is 1.83. The molecule has 0 aromatic carbocycles. The number of halogens is 1. The molecule has 3 fully saturated rings. The van der Waals surface area contributed by atoms with Gasteiger partial charge in [-0.25, -0.2) is 0 Å². The zero-order valence-corrected chi connectivity index (χ0v) is 14.6. The molecule has 2 N–H and O–H groups in total. The fraction of sp³-hybridized carbons (Fsp3) is 0.938. The predicted octanol–water partition coefficient (Wildman–Crippen LogP) is 3.12. The van der Waals surface area contributed by atoms with E-state index >= 15 is 0 Å². The molecule has 3 nitrogen and oxygen atoms in total. The van der Waals surface area contributed by atoms with Crippen molar-refractivity contribution in [2.75, 3.05) is 5.75 Å². The first-order chi connectivity index (χ1) is 9.74. The van der Waals surface area contributed by atoms with E-state index in [-0.39, 0.29) is 12.4 Å². The quantitative estimate of drug-likeness (QED) is 0.812. The van der Waals surface area contributed by atoms with E-state index in [1.165, 1.54) is 44.9 Å². The highest BCUT2D eigenvalue weighted by Crippen LogP contribution is 2.33. The smallest absolute Gasteiger partial charge is 0.220 e. The number of rotatable bonds is 5. The molecule has 2 bridgehead atoms. The van der Waals surface area contributed by atoms with Crippen LogP contribution in [0.1, 0.15) is 58.3 Å². The highest BCUT2D eigenvalue weighted by molar-refractivity contribution is 7.99. The zero-order valence-electron chi connectivity index (χ0n) is 13.0. The van der Waals surface area contributed by atoms with E-state index in [9.17, 15) is 4.79 Å². The summed E-state index contributed by atoms with van der Waals surface area (Å²) in [6.45, 7) is 2.21. The maximum atomic E-state index is 12.3.